The van der Waals surface area contributed by atoms with Crippen LogP contribution in [0.25, 0.3) is 0 Å². The third-order valence-corrected chi connectivity index (χ3v) is 7.02. The van der Waals surface area contributed by atoms with E-state index < -0.39 is 15.9 Å². The van der Waals surface area contributed by atoms with Crippen molar-refractivity contribution in [1.29, 1.82) is 0 Å². The number of rotatable bonds is 7. The summed E-state index contributed by atoms with van der Waals surface area (Å²) in [5.74, 6) is 0.938. The molecular weight excluding hydrogens is 380 g/mol. The molecule has 2 atom stereocenters. The van der Waals surface area contributed by atoms with Crippen molar-refractivity contribution in [3.8, 4) is 11.5 Å². The quantitative estimate of drug-likeness (QED) is 0.739. The van der Waals surface area contributed by atoms with Crippen molar-refractivity contribution in [2.24, 2.45) is 0 Å². The highest BCUT2D eigenvalue weighted by atomic mass is 32.2. The molecule has 1 aromatic rings. The SMILES string of the molecule is CCOc1ccc(C(=O)N[C@H]2CS(=O)(=O)C[C@@H]2N2CCCCC2)cc1OCC. The zero-order valence-corrected chi connectivity index (χ0v) is 17.5. The van der Waals surface area contributed by atoms with Gasteiger partial charge in [-0.3, -0.25) is 9.69 Å². The second kappa shape index (κ2) is 9.13. The first-order valence-electron chi connectivity index (χ1n) is 10.1. The molecule has 1 N–H and O–H groups in total. The monoisotopic (exact) mass is 410 g/mol. The first-order chi connectivity index (χ1) is 13.4. The van der Waals surface area contributed by atoms with E-state index in [0.29, 0.717) is 30.3 Å². The van der Waals surface area contributed by atoms with Crippen LogP contribution in [0.5, 0.6) is 11.5 Å². The number of sulfone groups is 1. The molecule has 2 aliphatic heterocycles. The molecule has 7 nitrogen and oxygen atoms in total. The zero-order valence-electron chi connectivity index (χ0n) is 16.6. The average molecular weight is 411 g/mol. The van der Waals surface area contributed by atoms with Crippen LogP contribution >= 0.6 is 0 Å². The molecule has 2 aliphatic rings. The lowest BCUT2D eigenvalue weighted by Crippen LogP contribution is -2.52. The van der Waals surface area contributed by atoms with Crippen LogP contribution in [-0.2, 0) is 9.84 Å². The Labute approximate surface area is 167 Å². The Morgan fingerprint density at radius 1 is 1.07 bits per heavy atom. The number of piperidine rings is 1. The van der Waals surface area contributed by atoms with Crippen molar-refractivity contribution in [1.82, 2.24) is 10.2 Å². The number of carbonyl (C=O) groups excluding carboxylic acids is 1. The molecule has 0 bridgehead atoms. The Bertz CT molecular complexity index is 790. The number of carbonyl (C=O) groups is 1. The largest absolute Gasteiger partial charge is 0.490 e. The summed E-state index contributed by atoms with van der Waals surface area (Å²) in [5, 5.41) is 2.96. The topological polar surface area (TPSA) is 84.9 Å². The van der Waals surface area contributed by atoms with E-state index in [4.69, 9.17) is 9.47 Å². The number of amides is 1. The van der Waals surface area contributed by atoms with E-state index in [-0.39, 0.29) is 23.5 Å². The first kappa shape index (κ1) is 20.9. The van der Waals surface area contributed by atoms with Gasteiger partial charge in [-0.2, -0.15) is 0 Å². The molecular formula is C20H30N2O5S. The number of hydrogen-bond acceptors (Lipinski definition) is 6. The number of likely N-dealkylation sites (tertiary alicyclic amines) is 1. The molecule has 2 heterocycles. The van der Waals surface area contributed by atoms with Gasteiger partial charge < -0.3 is 14.8 Å². The minimum atomic E-state index is -3.15. The minimum absolute atomic E-state index is 0.00471. The zero-order chi connectivity index (χ0) is 20.1. The first-order valence-corrected chi connectivity index (χ1v) is 11.9. The van der Waals surface area contributed by atoms with E-state index in [1.54, 1.807) is 18.2 Å². The van der Waals surface area contributed by atoms with Gasteiger partial charge in [-0.1, -0.05) is 6.42 Å². The molecule has 0 saturated carbocycles. The average Bonchev–Trinajstić information content (AvgIpc) is 2.98. The molecule has 0 radical (unpaired) electrons. The summed E-state index contributed by atoms with van der Waals surface area (Å²) in [4.78, 5) is 15.1. The summed E-state index contributed by atoms with van der Waals surface area (Å²) in [6, 6.07) is 4.52. The summed E-state index contributed by atoms with van der Waals surface area (Å²) >= 11 is 0. The Morgan fingerprint density at radius 3 is 2.43 bits per heavy atom. The van der Waals surface area contributed by atoms with Gasteiger partial charge in [0.15, 0.2) is 21.3 Å². The van der Waals surface area contributed by atoms with Gasteiger partial charge in [0, 0.05) is 11.6 Å². The molecule has 1 amide bonds. The smallest absolute Gasteiger partial charge is 0.251 e. The third kappa shape index (κ3) is 4.97. The molecule has 0 spiro atoms. The summed E-state index contributed by atoms with van der Waals surface area (Å²) in [5.41, 5.74) is 0.439. The van der Waals surface area contributed by atoms with Crippen LogP contribution in [0.1, 0.15) is 43.5 Å². The number of hydrogen-bond donors (Lipinski definition) is 1. The molecule has 0 aromatic heterocycles. The molecule has 28 heavy (non-hydrogen) atoms. The lowest BCUT2D eigenvalue weighted by molar-refractivity contribution is 0.0899. The standard InChI is InChI=1S/C20H30N2O5S/c1-3-26-18-9-8-15(12-19(18)27-4-2)20(23)21-16-13-28(24,25)14-17(16)22-10-6-5-7-11-22/h8-9,12,16-17H,3-7,10-11,13-14H2,1-2H3,(H,21,23)/t16-,17-/m0/s1. The van der Waals surface area contributed by atoms with E-state index in [1.165, 1.54) is 6.42 Å². The van der Waals surface area contributed by atoms with E-state index in [9.17, 15) is 13.2 Å². The van der Waals surface area contributed by atoms with Gasteiger partial charge in [-0.15, -0.1) is 0 Å². The number of nitrogens with zero attached hydrogens (tertiary/aromatic N) is 1. The fourth-order valence-corrected chi connectivity index (χ4v) is 5.97. The maximum absolute atomic E-state index is 12.8. The molecule has 2 saturated heterocycles. The van der Waals surface area contributed by atoms with Gasteiger partial charge in [0.2, 0.25) is 0 Å². The van der Waals surface area contributed by atoms with Crippen LogP contribution in [0, 0.1) is 0 Å². The molecule has 2 fully saturated rings. The van der Waals surface area contributed by atoms with Crippen LogP contribution < -0.4 is 14.8 Å². The molecule has 0 unspecified atom stereocenters. The number of ether oxygens (including phenoxy) is 2. The summed E-state index contributed by atoms with van der Waals surface area (Å²) in [6.45, 7) is 6.51. The fourth-order valence-electron chi connectivity index (χ4n) is 4.02. The molecule has 3 rings (SSSR count). The predicted octanol–water partition coefficient (Wildman–Crippen LogP) is 1.87. The molecule has 156 valence electrons. The Morgan fingerprint density at radius 2 is 1.75 bits per heavy atom. The van der Waals surface area contributed by atoms with Crippen LogP contribution in [-0.4, -0.2) is 69.1 Å². The van der Waals surface area contributed by atoms with Crippen molar-refractivity contribution < 1.29 is 22.7 Å². The van der Waals surface area contributed by atoms with Crippen molar-refractivity contribution in [3.05, 3.63) is 23.8 Å². The Hall–Kier alpha value is -1.80. The summed E-state index contributed by atoms with van der Waals surface area (Å²) in [6.07, 6.45) is 3.33. The Kier molecular flexibility index (Phi) is 6.82. The van der Waals surface area contributed by atoms with Crippen molar-refractivity contribution in [2.75, 3.05) is 37.8 Å². The molecule has 0 aliphatic carbocycles. The maximum atomic E-state index is 12.8. The molecule has 8 heteroatoms. The second-order valence-electron chi connectivity index (χ2n) is 7.35. The maximum Gasteiger partial charge on any atom is 0.251 e. The minimum Gasteiger partial charge on any atom is -0.490 e. The van der Waals surface area contributed by atoms with Gasteiger partial charge in [0.1, 0.15) is 0 Å². The second-order valence-corrected chi connectivity index (χ2v) is 9.50. The third-order valence-electron chi connectivity index (χ3n) is 5.30. The lowest BCUT2D eigenvalue weighted by atomic mass is 10.0. The van der Waals surface area contributed by atoms with Crippen LogP contribution in [0.3, 0.4) is 0 Å². The normalized spacial score (nSPS) is 24.6. The van der Waals surface area contributed by atoms with Gasteiger partial charge in [0.05, 0.1) is 30.8 Å². The lowest BCUT2D eigenvalue weighted by Gasteiger charge is -2.35. The van der Waals surface area contributed by atoms with Crippen LogP contribution in [0.4, 0.5) is 0 Å². The Balaban J connectivity index is 1.75. The van der Waals surface area contributed by atoms with E-state index in [0.717, 1.165) is 25.9 Å². The van der Waals surface area contributed by atoms with Crippen molar-refractivity contribution in [3.63, 3.8) is 0 Å². The van der Waals surface area contributed by atoms with E-state index >= 15 is 0 Å². The van der Waals surface area contributed by atoms with Crippen molar-refractivity contribution in [2.45, 2.75) is 45.2 Å². The highest BCUT2D eigenvalue weighted by Gasteiger charge is 2.42. The van der Waals surface area contributed by atoms with Gasteiger partial charge in [0.25, 0.3) is 5.91 Å². The van der Waals surface area contributed by atoms with E-state index in [2.05, 4.69) is 10.2 Å². The van der Waals surface area contributed by atoms with Gasteiger partial charge in [-0.05, 0) is 58.0 Å². The van der Waals surface area contributed by atoms with Crippen LogP contribution in [0.2, 0.25) is 0 Å². The molecule has 1 aromatic carbocycles. The highest BCUT2D eigenvalue weighted by molar-refractivity contribution is 7.91. The number of nitrogens with one attached hydrogen (secondary N) is 1. The summed E-state index contributed by atoms with van der Waals surface area (Å²) < 4.78 is 35.6. The predicted molar refractivity (Wildman–Crippen MR) is 108 cm³/mol. The van der Waals surface area contributed by atoms with E-state index in [1.807, 2.05) is 13.8 Å². The number of benzene rings is 1. The fraction of sp³-hybridized carbons (Fsp3) is 0.650. The summed E-state index contributed by atoms with van der Waals surface area (Å²) in [7, 11) is -3.15. The van der Waals surface area contributed by atoms with Crippen LogP contribution in [0.15, 0.2) is 18.2 Å². The van der Waals surface area contributed by atoms with Gasteiger partial charge in [-0.25, -0.2) is 8.42 Å². The highest BCUT2D eigenvalue weighted by Crippen LogP contribution is 2.29. The van der Waals surface area contributed by atoms with Gasteiger partial charge >= 0.3 is 0 Å². The van der Waals surface area contributed by atoms with Crippen molar-refractivity contribution >= 4 is 15.7 Å².